The van der Waals surface area contributed by atoms with Crippen LogP contribution in [-0.4, -0.2) is 62.3 Å². The van der Waals surface area contributed by atoms with E-state index in [0.717, 1.165) is 45.3 Å². The van der Waals surface area contributed by atoms with E-state index in [1.807, 2.05) is 0 Å². The first kappa shape index (κ1) is 18.5. The highest BCUT2D eigenvalue weighted by atomic mass is 16.5. The Morgan fingerprint density at radius 3 is 2.74 bits per heavy atom. The molecule has 2 N–H and O–H groups in total. The van der Waals surface area contributed by atoms with Crippen LogP contribution in [0.15, 0.2) is 4.99 Å². The van der Waals surface area contributed by atoms with E-state index in [0.29, 0.717) is 12.0 Å². The van der Waals surface area contributed by atoms with Gasteiger partial charge in [-0.2, -0.15) is 0 Å². The molecule has 0 spiro atoms. The molecule has 0 amide bonds. The van der Waals surface area contributed by atoms with Crippen molar-refractivity contribution in [3.63, 3.8) is 0 Å². The van der Waals surface area contributed by atoms with Crippen LogP contribution in [0.5, 0.6) is 0 Å². The Balaban J connectivity index is 1.81. The Hall–Kier alpha value is -0.810. The third-order valence-corrected chi connectivity index (χ3v) is 4.59. The summed E-state index contributed by atoms with van der Waals surface area (Å²) in [6, 6.07) is 0.589. The molecule has 1 aliphatic heterocycles. The minimum Gasteiger partial charge on any atom is -0.374 e. The molecular formula is C18H36N4O. The third-order valence-electron chi connectivity index (χ3n) is 4.59. The van der Waals surface area contributed by atoms with Gasteiger partial charge < -0.3 is 15.4 Å². The molecule has 2 fully saturated rings. The quantitative estimate of drug-likeness (QED) is 0.581. The van der Waals surface area contributed by atoms with Crippen LogP contribution in [0.25, 0.3) is 0 Å². The Bertz CT molecular complexity index is 353. The number of nitrogens with zero attached hydrogens (tertiary/aromatic N) is 2. The van der Waals surface area contributed by atoms with Gasteiger partial charge in [0.05, 0.1) is 19.3 Å². The summed E-state index contributed by atoms with van der Waals surface area (Å²) in [5, 5.41) is 6.99. The van der Waals surface area contributed by atoms with Gasteiger partial charge in [0.2, 0.25) is 0 Å². The van der Waals surface area contributed by atoms with Crippen molar-refractivity contribution in [3.8, 4) is 0 Å². The van der Waals surface area contributed by atoms with Crippen molar-refractivity contribution >= 4 is 5.96 Å². The minimum absolute atomic E-state index is 0.226. The van der Waals surface area contributed by atoms with E-state index in [2.05, 4.69) is 36.3 Å². The second kappa shape index (κ2) is 10.1. The third kappa shape index (κ3) is 7.08. The van der Waals surface area contributed by atoms with E-state index in [9.17, 15) is 0 Å². The van der Waals surface area contributed by atoms with Crippen LogP contribution in [0, 0.1) is 5.92 Å². The van der Waals surface area contributed by atoms with Crippen LogP contribution >= 0.6 is 0 Å². The van der Waals surface area contributed by atoms with Gasteiger partial charge in [0.25, 0.3) is 0 Å². The lowest BCUT2D eigenvalue weighted by Gasteiger charge is -2.33. The van der Waals surface area contributed by atoms with Crippen LogP contribution in [0.1, 0.15) is 52.9 Å². The van der Waals surface area contributed by atoms with Crippen molar-refractivity contribution in [1.29, 1.82) is 0 Å². The molecule has 1 aliphatic carbocycles. The van der Waals surface area contributed by atoms with E-state index in [1.54, 1.807) is 0 Å². The van der Waals surface area contributed by atoms with Crippen molar-refractivity contribution in [2.24, 2.45) is 10.9 Å². The molecule has 5 heteroatoms. The minimum atomic E-state index is 0.226. The summed E-state index contributed by atoms with van der Waals surface area (Å²) in [5.41, 5.74) is 0. The van der Waals surface area contributed by atoms with Gasteiger partial charge in [-0.05, 0) is 25.7 Å². The number of hydrogen-bond donors (Lipinski definition) is 2. The van der Waals surface area contributed by atoms with E-state index in [1.165, 1.54) is 32.1 Å². The van der Waals surface area contributed by atoms with Crippen molar-refractivity contribution < 1.29 is 4.74 Å². The van der Waals surface area contributed by atoms with Crippen molar-refractivity contribution in [3.05, 3.63) is 0 Å². The van der Waals surface area contributed by atoms with Gasteiger partial charge in [-0.25, -0.2) is 0 Å². The molecule has 0 radical (unpaired) electrons. The van der Waals surface area contributed by atoms with Crippen LogP contribution in [0.3, 0.4) is 0 Å². The van der Waals surface area contributed by atoms with Gasteiger partial charge in [-0.3, -0.25) is 9.89 Å². The van der Waals surface area contributed by atoms with E-state index < -0.39 is 0 Å². The number of aliphatic imine (C=N–C) groups is 1. The average Bonchev–Trinajstić information content (AvgIpc) is 2.53. The van der Waals surface area contributed by atoms with Gasteiger partial charge in [0, 0.05) is 32.2 Å². The number of guanidine groups is 1. The topological polar surface area (TPSA) is 48.9 Å². The fourth-order valence-corrected chi connectivity index (χ4v) is 3.53. The molecule has 134 valence electrons. The van der Waals surface area contributed by atoms with Gasteiger partial charge in [-0.15, -0.1) is 0 Å². The second-order valence-electron chi connectivity index (χ2n) is 7.35. The molecule has 2 rings (SSSR count). The predicted octanol–water partition coefficient (Wildman–Crippen LogP) is 2.23. The van der Waals surface area contributed by atoms with Crippen LogP contribution in [0.4, 0.5) is 0 Å². The summed E-state index contributed by atoms with van der Waals surface area (Å²) in [6.07, 6.45) is 6.83. The Morgan fingerprint density at radius 1 is 1.26 bits per heavy atom. The van der Waals surface area contributed by atoms with Crippen LogP contribution < -0.4 is 10.6 Å². The molecule has 1 saturated carbocycles. The molecular weight excluding hydrogens is 288 g/mol. The molecule has 1 unspecified atom stereocenters. The van der Waals surface area contributed by atoms with Gasteiger partial charge in [0.1, 0.15) is 0 Å². The molecule has 1 atom stereocenters. The Labute approximate surface area is 142 Å². The number of hydrogen-bond acceptors (Lipinski definition) is 3. The summed E-state index contributed by atoms with van der Waals surface area (Å²) >= 11 is 0. The summed E-state index contributed by atoms with van der Waals surface area (Å²) in [5.74, 6) is 1.67. The molecule has 23 heavy (non-hydrogen) atoms. The maximum absolute atomic E-state index is 5.90. The predicted molar refractivity (Wildman–Crippen MR) is 97.0 cm³/mol. The number of morpholine rings is 1. The zero-order valence-corrected chi connectivity index (χ0v) is 15.3. The largest absolute Gasteiger partial charge is 0.374 e. The van der Waals surface area contributed by atoms with E-state index in [4.69, 9.17) is 9.73 Å². The number of ether oxygens (including phenoxy) is 1. The monoisotopic (exact) mass is 324 g/mol. The standard InChI is InChI=1S/C18H36N4O/c1-4-19-18(21-16-8-6-5-7-9-16)20-12-17-14-22(10-11-23-17)13-15(2)3/h15-17H,4-14H2,1-3H3,(H2,19,20,21). The number of nitrogens with one attached hydrogen (secondary N) is 2. The highest BCUT2D eigenvalue weighted by Gasteiger charge is 2.21. The molecule has 0 aromatic carbocycles. The highest BCUT2D eigenvalue weighted by molar-refractivity contribution is 5.80. The maximum atomic E-state index is 5.90. The van der Waals surface area contributed by atoms with Crippen molar-refractivity contribution in [1.82, 2.24) is 15.5 Å². The smallest absolute Gasteiger partial charge is 0.191 e. The lowest BCUT2D eigenvalue weighted by atomic mass is 9.96. The summed E-state index contributed by atoms with van der Waals surface area (Å²) < 4.78 is 5.90. The van der Waals surface area contributed by atoms with Crippen molar-refractivity contribution in [2.45, 2.75) is 65.0 Å². The zero-order chi connectivity index (χ0) is 16.5. The zero-order valence-electron chi connectivity index (χ0n) is 15.3. The van der Waals surface area contributed by atoms with Crippen LogP contribution in [0.2, 0.25) is 0 Å². The first-order valence-electron chi connectivity index (χ1n) is 9.56. The summed E-state index contributed by atoms with van der Waals surface area (Å²) in [4.78, 5) is 7.30. The van der Waals surface area contributed by atoms with Gasteiger partial charge in [0.15, 0.2) is 5.96 Å². The van der Waals surface area contributed by atoms with E-state index >= 15 is 0 Å². The fourth-order valence-electron chi connectivity index (χ4n) is 3.53. The lowest BCUT2D eigenvalue weighted by Crippen LogP contribution is -2.47. The summed E-state index contributed by atoms with van der Waals surface area (Å²) in [6.45, 7) is 12.4. The van der Waals surface area contributed by atoms with Gasteiger partial charge >= 0.3 is 0 Å². The van der Waals surface area contributed by atoms with Gasteiger partial charge in [-0.1, -0.05) is 33.1 Å². The number of rotatable bonds is 6. The molecule has 0 bridgehead atoms. The molecule has 2 aliphatic rings. The highest BCUT2D eigenvalue weighted by Crippen LogP contribution is 2.17. The average molecular weight is 325 g/mol. The first-order chi connectivity index (χ1) is 11.2. The second-order valence-corrected chi connectivity index (χ2v) is 7.35. The molecule has 1 heterocycles. The first-order valence-corrected chi connectivity index (χ1v) is 9.56. The summed E-state index contributed by atoms with van der Waals surface area (Å²) in [7, 11) is 0. The van der Waals surface area contributed by atoms with Crippen molar-refractivity contribution in [2.75, 3.05) is 39.3 Å². The molecule has 0 aromatic heterocycles. The Morgan fingerprint density at radius 2 is 2.04 bits per heavy atom. The van der Waals surface area contributed by atoms with E-state index in [-0.39, 0.29) is 6.10 Å². The molecule has 0 aromatic rings. The van der Waals surface area contributed by atoms with Crippen LogP contribution in [-0.2, 0) is 4.74 Å². The lowest BCUT2D eigenvalue weighted by molar-refractivity contribution is -0.0262. The maximum Gasteiger partial charge on any atom is 0.191 e. The normalized spacial score (nSPS) is 24.9. The fraction of sp³-hybridized carbons (Fsp3) is 0.944. The molecule has 1 saturated heterocycles. The Kier molecular flexibility index (Phi) is 8.17. The molecule has 5 nitrogen and oxygen atoms in total. The SMILES string of the molecule is CCNC(=NCC1CN(CC(C)C)CCO1)NC1CCCCC1.